The van der Waals surface area contributed by atoms with E-state index in [1.807, 2.05) is 12.1 Å². The molecule has 2 N–H and O–H groups in total. The van der Waals surface area contributed by atoms with E-state index >= 15 is 0 Å². The zero-order valence-corrected chi connectivity index (χ0v) is 11.9. The van der Waals surface area contributed by atoms with Crippen LogP contribution in [0.25, 0.3) is 10.9 Å². The minimum Gasteiger partial charge on any atom is -0.392 e. The number of benzene rings is 1. The van der Waals surface area contributed by atoms with Crippen LogP contribution in [0.15, 0.2) is 42.9 Å². The molecule has 6 nitrogen and oxygen atoms in total. The molecule has 22 heavy (non-hydrogen) atoms. The van der Waals surface area contributed by atoms with E-state index in [1.165, 1.54) is 12.4 Å². The molecule has 0 saturated heterocycles. The average molecular weight is 294 g/mol. The third-order valence-electron chi connectivity index (χ3n) is 3.21. The average Bonchev–Trinajstić information content (AvgIpc) is 2.55. The first kappa shape index (κ1) is 14.1. The highest BCUT2D eigenvalue weighted by Crippen LogP contribution is 2.24. The van der Waals surface area contributed by atoms with Crippen molar-refractivity contribution in [1.82, 2.24) is 15.0 Å². The summed E-state index contributed by atoms with van der Waals surface area (Å²) >= 11 is 0. The van der Waals surface area contributed by atoms with Crippen molar-refractivity contribution in [2.45, 2.75) is 13.5 Å². The lowest BCUT2D eigenvalue weighted by Gasteiger charge is -2.09. The quantitative estimate of drug-likeness (QED) is 0.772. The highest BCUT2D eigenvalue weighted by atomic mass is 16.3. The van der Waals surface area contributed by atoms with Gasteiger partial charge in [-0.15, -0.1) is 0 Å². The normalized spacial score (nSPS) is 10.6. The summed E-state index contributed by atoms with van der Waals surface area (Å²) in [7, 11) is 0. The molecule has 6 heteroatoms. The minimum atomic E-state index is -0.366. The van der Waals surface area contributed by atoms with Gasteiger partial charge in [-0.3, -0.25) is 14.8 Å². The topological polar surface area (TPSA) is 88.0 Å². The van der Waals surface area contributed by atoms with Gasteiger partial charge in [-0.25, -0.2) is 4.98 Å². The molecule has 0 saturated carbocycles. The van der Waals surface area contributed by atoms with Crippen LogP contribution >= 0.6 is 0 Å². The van der Waals surface area contributed by atoms with Crippen LogP contribution in [-0.2, 0) is 6.61 Å². The largest absolute Gasteiger partial charge is 0.392 e. The van der Waals surface area contributed by atoms with Crippen LogP contribution < -0.4 is 5.32 Å². The van der Waals surface area contributed by atoms with E-state index in [-0.39, 0.29) is 18.2 Å². The Balaban J connectivity index is 1.99. The molecule has 1 amide bonds. The van der Waals surface area contributed by atoms with Gasteiger partial charge in [-0.1, -0.05) is 6.07 Å². The Bertz CT molecular complexity index is 831. The van der Waals surface area contributed by atoms with Crippen LogP contribution in [0.5, 0.6) is 0 Å². The van der Waals surface area contributed by atoms with Crippen molar-refractivity contribution in [3.8, 4) is 0 Å². The molecule has 0 unspecified atom stereocenters. The summed E-state index contributed by atoms with van der Waals surface area (Å²) in [5.41, 5.74) is 2.86. The SMILES string of the molecule is Cc1cnc(C(=O)Nc2cc(CO)cc3cccnc23)cn1. The molecule has 0 fully saturated rings. The number of aryl methyl sites for hydroxylation is 1. The number of carbonyl (C=O) groups is 1. The summed E-state index contributed by atoms with van der Waals surface area (Å²) in [6.07, 6.45) is 4.62. The van der Waals surface area contributed by atoms with E-state index in [0.29, 0.717) is 16.8 Å². The molecule has 0 aliphatic heterocycles. The Morgan fingerprint density at radius 2 is 2.09 bits per heavy atom. The van der Waals surface area contributed by atoms with Gasteiger partial charge in [0, 0.05) is 17.8 Å². The zero-order chi connectivity index (χ0) is 15.5. The fraction of sp³-hybridized carbons (Fsp3) is 0.125. The number of nitrogens with one attached hydrogen (secondary N) is 1. The van der Waals surface area contributed by atoms with Crippen LogP contribution in [0.4, 0.5) is 5.69 Å². The van der Waals surface area contributed by atoms with Crippen LogP contribution in [0, 0.1) is 6.92 Å². The number of amides is 1. The molecule has 2 aromatic heterocycles. The van der Waals surface area contributed by atoms with E-state index in [4.69, 9.17) is 0 Å². The predicted molar refractivity (Wildman–Crippen MR) is 82.4 cm³/mol. The Kier molecular flexibility index (Phi) is 3.76. The van der Waals surface area contributed by atoms with Crippen LogP contribution in [0.2, 0.25) is 0 Å². The molecule has 0 radical (unpaired) electrons. The predicted octanol–water partition coefficient (Wildman–Crippen LogP) is 2.08. The first-order valence-corrected chi connectivity index (χ1v) is 6.76. The van der Waals surface area contributed by atoms with E-state index < -0.39 is 0 Å². The van der Waals surface area contributed by atoms with Gasteiger partial charge in [0.1, 0.15) is 5.69 Å². The van der Waals surface area contributed by atoms with Crippen molar-refractivity contribution >= 4 is 22.5 Å². The summed E-state index contributed by atoms with van der Waals surface area (Å²) in [4.78, 5) is 24.7. The maximum Gasteiger partial charge on any atom is 0.275 e. The molecule has 3 aromatic rings. The lowest BCUT2D eigenvalue weighted by molar-refractivity contribution is 0.102. The van der Waals surface area contributed by atoms with Crippen LogP contribution in [0.3, 0.4) is 0 Å². The number of aliphatic hydroxyl groups is 1. The molecular weight excluding hydrogens is 280 g/mol. The van der Waals surface area contributed by atoms with Crippen molar-refractivity contribution in [2.24, 2.45) is 0 Å². The summed E-state index contributed by atoms with van der Waals surface area (Å²) in [6.45, 7) is 1.69. The third kappa shape index (κ3) is 2.77. The van der Waals surface area contributed by atoms with E-state index in [9.17, 15) is 9.90 Å². The van der Waals surface area contributed by atoms with E-state index in [2.05, 4.69) is 20.3 Å². The molecule has 0 spiro atoms. The van der Waals surface area contributed by atoms with Gasteiger partial charge in [0.05, 0.1) is 29.7 Å². The van der Waals surface area contributed by atoms with E-state index in [1.54, 1.807) is 25.3 Å². The first-order valence-electron chi connectivity index (χ1n) is 6.76. The number of carbonyl (C=O) groups excluding carboxylic acids is 1. The van der Waals surface area contributed by atoms with Gasteiger partial charge in [-0.05, 0) is 30.7 Å². The minimum absolute atomic E-state index is 0.113. The Hall–Kier alpha value is -2.86. The molecule has 0 aliphatic carbocycles. The number of nitrogens with zero attached hydrogens (tertiary/aromatic N) is 3. The van der Waals surface area contributed by atoms with Crippen molar-refractivity contribution < 1.29 is 9.90 Å². The number of aliphatic hydroxyl groups excluding tert-OH is 1. The number of hydrogen-bond acceptors (Lipinski definition) is 5. The summed E-state index contributed by atoms with van der Waals surface area (Å²) in [5.74, 6) is -0.366. The molecule has 0 atom stereocenters. The maximum atomic E-state index is 12.3. The van der Waals surface area contributed by atoms with Gasteiger partial charge in [0.15, 0.2) is 0 Å². The maximum absolute atomic E-state index is 12.3. The standard InChI is InChI=1S/C16H14N4O2/c1-10-7-19-14(8-18-10)16(22)20-13-6-11(9-21)5-12-3-2-4-17-15(12)13/h2-8,21H,9H2,1H3,(H,20,22). The molecule has 1 aromatic carbocycles. The van der Waals surface area contributed by atoms with Crippen molar-refractivity contribution in [3.05, 3.63) is 59.8 Å². The Labute approximate surface area is 126 Å². The molecule has 2 heterocycles. The van der Waals surface area contributed by atoms with Crippen molar-refractivity contribution in [1.29, 1.82) is 0 Å². The smallest absolute Gasteiger partial charge is 0.275 e. The number of anilines is 1. The monoisotopic (exact) mass is 294 g/mol. The number of pyridine rings is 1. The second-order valence-corrected chi connectivity index (χ2v) is 4.87. The molecular formula is C16H14N4O2. The lowest BCUT2D eigenvalue weighted by atomic mass is 10.1. The second-order valence-electron chi connectivity index (χ2n) is 4.87. The summed E-state index contributed by atoms with van der Waals surface area (Å²) in [6, 6.07) is 7.22. The van der Waals surface area contributed by atoms with Gasteiger partial charge >= 0.3 is 0 Å². The molecule has 0 aliphatic rings. The van der Waals surface area contributed by atoms with Crippen molar-refractivity contribution in [2.75, 3.05) is 5.32 Å². The van der Waals surface area contributed by atoms with Crippen molar-refractivity contribution in [3.63, 3.8) is 0 Å². The van der Waals surface area contributed by atoms with Gasteiger partial charge in [-0.2, -0.15) is 0 Å². The summed E-state index contributed by atoms with van der Waals surface area (Å²) < 4.78 is 0. The number of fused-ring (bicyclic) bond motifs is 1. The molecule has 0 bridgehead atoms. The van der Waals surface area contributed by atoms with Gasteiger partial charge in [0.25, 0.3) is 5.91 Å². The molecule has 3 rings (SSSR count). The summed E-state index contributed by atoms with van der Waals surface area (Å²) in [5, 5.41) is 13.0. The fourth-order valence-electron chi connectivity index (χ4n) is 2.14. The fourth-order valence-corrected chi connectivity index (χ4v) is 2.14. The second kappa shape index (κ2) is 5.87. The lowest BCUT2D eigenvalue weighted by Crippen LogP contribution is -2.15. The zero-order valence-electron chi connectivity index (χ0n) is 11.9. The number of hydrogen-bond donors (Lipinski definition) is 2. The number of rotatable bonds is 3. The third-order valence-corrected chi connectivity index (χ3v) is 3.21. The number of aromatic nitrogens is 3. The van der Waals surface area contributed by atoms with Crippen LogP contribution in [-0.4, -0.2) is 26.0 Å². The highest BCUT2D eigenvalue weighted by molar-refractivity contribution is 6.07. The van der Waals surface area contributed by atoms with Gasteiger partial charge in [0.2, 0.25) is 0 Å². The van der Waals surface area contributed by atoms with E-state index in [0.717, 1.165) is 11.1 Å². The molecule has 110 valence electrons. The highest BCUT2D eigenvalue weighted by Gasteiger charge is 2.12. The Morgan fingerprint density at radius 1 is 1.23 bits per heavy atom. The first-order chi connectivity index (χ1) is 10.7. The van der Waals surface area contributed by atoms with Gasteiger partial charge < -0.3 is 10.4 Å². The van der Waals surface area contributed by atoms with Crippen LogP contribution in [0.1, 0.15) is 21.7 Å². The Morgan fingerprint density at radius 3 is 2.82 bits per heavy atom.